The molecule has 0 unspecified atom stereocenters. The molecule has 0 atom stereocenters. The van der Waals surface area contributed by atoms with Crippen LogP contribution in [-0.2, 0) is 11.2 Å². The Morgan fingerprint density at radius 1 is 1.25 bits per heavy atom. The van der Waals surface area contributed by atoms with Crippen LogP contribution in [0.2, 0.25) is 0 Å². The van der Waals surface area contributed by atoms with Gasteiger partial charge in [-0.05, 0) is 25.0 Å². The topological polar surface area (TPSA) is 88.3 Å². The van der Waals surface area contributed by atoms with Crippen LogP contribution in [0.3, 0.4) is 0 Å². The maximum Gasteiger partial charge on any atom is 0.226 e. The Morgan fingerprint density at radius 2 is 2.12 bits per heavy atom. The van der Waals surface area contributed by atoms with Gasteiger partial charge in [0.15, 0.2) is 16.6 Å². The summed E-state index contributed by atoms with van der Waals surface area (Å²) < 4.78 is 1.74. The molecule has 8 nitrogen and oxygen atoms in total. The van der Waals surface area contributed by atoms with E-state index in [2.05, 4.69) is 30.5 Å². The van der Waals surface area contributed by atoms with Crippen LogP contribution >= 0.6 is 11.3 Å². The molecule has 4 rings (SSSR count). The molecule has 3 aromatic rings. The molecule has 124 valence electrons. The summed E-state index contributed by atoms with van der Waals surface area (Å²) >= 11 is 1.40. The van der Waals surface area contributed by atoms with E-state index in [-0.39, 0.29) is 5.91 Å². The van der Waals surface area contributed by atoms with E-state index in [1.54, 1.807) is 10.7 Å². The second-order valence-electron chi connectivity index (χ2n) is 5.66. The predicted molar refractivity (Wildman–Crippen MR) is 91.3 cm³/mol. The molecule has 1 aliphatic rings. The number of carbonyl (C=O) groups is 1. The second kappa shape index (κ2) is 6.52. The number of fused-ring (bicyclic) bond motifs is 1. The van der Waals surface area contributed by atoms with E-state index < -0.39 is 0 Å². The minimum absolute atomic E-state index is 0.0857. The van der Waals surface area contributed by atoms with Gasteiger partial charge in [0.1, 0.15) is 5.82 Å². The van der Waals surface area contributed by atoms with Crippen molar-refractivity contribution in [2.24, 2.45) is 0 Å². The zero-order valence-electron chi connectivity index (χ0n) is 13.1. The van der Waals surface area contributed by atoms with Crippen molar-refractivity contribution >= 4 is 33.8 Å². The Hall–Kier alpha value is -2.55. The highest BCUT2D eigenvalue weighted by atomic mass is 32.1. The zero-order valence-corrected chi connectivity index (χ0v) is 13.9. The molecule has 3 aromatic heterocycles. The Balaban J connectivity index is 1.47. The standard InChI is InChI=1S/C15H17N7OS/c23-14(17-15-16-7-10-24-15)6-5-12-19-18-11-3-4-13(20-22(11)12)21-8-1-2-9-21/h3-4,7,10H,1-2,5-6,8-9H2,(H,16,17,23). The summed E-state index contributed by atoms with van der Waals surface area (Å²) in [6.45, 7) is 2.07. The first-order chi connectivity index (χ1) is 11.8. The number of hydrogen-bond acceptors (Lipinski definition) is 7. The smallest absolute Gasteiger partial charge is 0.226 e. The molecule has 1 N–H and O–H groups in total. The number of hydrogen-bond donors (Lipinski definition) is 1. The minimum atomic E-state index is -0.0857. The van der Waals surface area contributed by atoms with Crippen LogP contribution in [0, 0.1) is 0 Å². The Bertz CT molecular complexity index is 839. The van der Waals surface area contributed by atoms with Gasteiger partial charge in [0.05, 0.1) is 0 Å². The number of anilines is 2. The summed E-state index contributed by atoms with van der Waals surface area (Å²) in [5.41, 5.74) is 0.702. The van der Waals surface area contributed by atoms with Crippen molar-refractivity contribution in [3.63, 3.8) is 0 Å². The van der Waals surface area contributed by atoms with Crippen molar-refractivity contribution in [1.29, 1.82) is 0 Å². The number of amides is 1. The maximum absolute atomic E-state index is 12.0. The van der Waals surface area contributed by atoms with Crippen LogP contribution in [0.1, 0.15) is 25.1 Å². The lowest BCUT2D eigenvalue weighted by atomic mass is 10.3. The van der Waals surface area contributed by atoms with Gasteiger partial charge in [-0.3, -0.25) is 4.79 Å². The van der Waals surface area contributed by atoms with E-state index in [4.69, 9.17) is 0 Å². The van der Waals surface area contributed by atoms with Crippen LogP contribution in [-0.4, -0.2) is 43.8 Å². The number of aromatic nitrogens is 5. The Morgan fingerprint density at radius 3 is 2.92 bits per heavy atom. The van der Waals surface area contributed by atoms with Gasteiger partial charge in [0, 0.05) is 37.5 Å². The number of rotatable bonds is 5. The zero-order chi connectivity index (χ0) is 16.4. The highest BCUT2D eigenvalue weighted by Gasteiger charge is 2.16. The monoisotopic (exact) mass is 343 g/mol. The van der Waals surface area contributed by atoms with Gasteiger partial charge in [-0.15, -0.1) is 26.6 Å². The lowest BCUT2D eigenvalue weighted by Gasteiger charge is -2.15. The number of thiazole rings is 1. The van der Waals surface area contributed by atoms with E-state index in [9.17, 15) is 4.79 Å². The Kier molecular flexibility index (Phi) is 4.08. The van der Waals surface area contributed by atoms with Gasteiger partial charge in [-0.25, -0.2) is 4.98 Å². The number of nitrogens with zero attached hydrogens (tertiary/aromatic N) is 6. The van der Waals surface area contributed by atoms with E-state index in [0.29, 0.717) is 29.4 Å². The van der Waals surface area contributed by atoms with Gasteiger partial charge in [0.25, 0.3) is 0 Å². The van der Waals surface area contributed by atoms with Crippen LogP contribution in [0.25, 0.3) is 5.65 Å². The molecule has 0 radical (unpaired) electrons. The molecule has 0 saturated carbocycles. The molecule has 4 heterocycles. The molecule has 1 fully saturated rings. The van der Waals surface area contributed by atoms with Crippen LogP contribution in [0.15, 0.2) is 23.7 Å². The van der Waals surface area contributed by atoms with Crippen LogP contribution in [0.5, 0.6) is 0 Å². The van der Waals surface area contributed by atoms with Crippen molar-refractivity contribution in [2.45, 2.75) is 25.7 Å². The van der Waals surface area contributed by atoms with Gasteiger partial charge in [-0.1, -0.05) is 0 Å². The summed E-state index contributed by atoms with van der Waals surface area (Å²) in [6, 6.07) is 3.90. The van der Waals surface area contributed by atoms with Gasteiger partial charge >= 0.3 is 0 Å². The van der Waals surface area contributed by atoms with E-state index >= 15 is 0 Å². The fourth-order valence-corrected chi connectivity index (χ4v) is 3.33. The molecule has 1 saturated heterocycles. The summed E-state index contributed by atoms with van der Waals surface area (Å²) in [5, 5.41) is 18.2. The van der Waals surface area contributed by atoms with Crippen LogP contribution < -0.4 is 10.2 Å². The SMILES string of the molecule is O=C(CCc1nnc2ccc(N3CCCC3)nn12)Nc1nccs1. The molecule has 9 heteroatoms. The summed E-state index contributed by atoms with van der Waals surface area (Å²) in [4.78, 5) is 18.3. The quantitative estimate of drug-likeness (QED) is 0.759. The molecular formula is C15H17N7OS. The van der Waals surface area contributed by atoms with Crippen molar-refractivity contribution in [1.82, 2.24) is 24.8 Å². The predicted octanol–water partition coefficient (Wildman–Crippen LogP) is 1.75. The summed E-state index contributed by atoms with van der Waals surface area (Å²) in [6.07, 6.45) is 4.86. The molecule has 0 spiro atoms. The first kappa shape index (κ1) is 15.0. The lowest BCUT2D eigenvalue weighted by Crippen LogP contribution is -2.20. The molecular weight excluding hydrogens is 326 g/mol. The van der Waals surface area contributed by atoms with E-state index in [0.717, 1.165) is 18.9 Å². The molecule has 0 aromatic carbocycles. The van der Waals surface area contributed by atoms with Crippen molar-refractivity contribution in [2.75, 3.05) is 23.3 Å². The fourth-order valence-electron chi connectivity index (χ4n) is 2.79. The molecule has 24 heavy (non-hydrogen) atoms. The van der Waals surface area contributed by atoms with Crippen molar-refractivity contribution < 1.29 is 4.79 Å². The second-order valence-corrected chi connectivity index (χ2v) is 6.55. The number of carbonyl (C=O) groups excluding carboxylic acids is 1. The van der Waals surface area contributed by atoms with Crippen molar-refractivity contribution in [3.8, 4) is 0 Å². The molecule has 1 aliphatic heterocycles. The molecule has 0 aliphatic carbocycles. The third kappa shape index (κ3) is 3.07. The average molecular weight is 343 g/mol. The van der Waals surface area contributed by atoms with Gasteiger partial charge in [-0.2, -0.15) is 4.52 Å². The molecule has 1 amide bonds. The first-order valence-electron chi connectivity index (χ1n) is 7.95. The minimum Gasteiger partial charge on any atom is -0.355 e. The summed E-state index contributed by atoms with van der Waals surface area (Å²) in [7, 11) is 0. The summed E-state index contributed by atoms with van der Waals surface area (Å²) in [5.74, 6) is 1.55. The van der Waals surface area contributed by atoms with Gasteiger partial charge < -0.3 is 10.2 Å². The third-order valence-electron chi connectivity index (χ3n) is 4.00. The van der Waals surface area contributed by atoms with E-state index in [1.807, 2.05) is 17.5 Å². The lowest BCUT2D eigenvalue weighted by molar-refractivity contribution is -0.116. The first-order valence-corrected chi connectivity index (χ1v) is 8.83. The van der Waals surface area contributed by atoms with E-state index in [1.165, 1.54) is 24.2 Å². The highest BCUT2D eigenvalue weighted by molar-refractivity contribution is 7.13. The largest absolute Gasteiger partial charge is 0.355 e. The maximum atomic E-state index is 12.0. The van der Waals surface area contributed by atoms with Crippen molar-refractivity contribution in [3.05, 3.63) is 29.5 Å². The third-order valence-corrected chi connectivity index (χ3v) is 4.69. The number of aryl methyl sites for hydroxylation is 1. The molecule has 0 bridgehead atoms. The Labute approximate surface area is 142 Å². The van der Waals surface area contributed by atoms with Gasteiger partial charge in [0.2, 0.25) is 5.91 Å². The number of nitrogens with one attached hydrogen (secondary N) is 1. The van der Waals surface area contributed by atoms with Crippen LogP contribution in [0.4, 0.5) is 10.9 Å². The normalized spacial score (nSPS) is 14.4. The average Bonchev–Trinajstić information content (AvgIpc) is 3.34. The fraction of sp³-hybridized carbons (Fsp3) is 0.400. The highest BCUT2D eigenvalue weighted by Crippen LogP contribution is 2.18.